The molecule has 4 nitrogen and oxygen atoms in total. The van der Waals surface area contributed by atoms with Crippen molar-refractivity contribution in [3.63, 3.8) is 0 Å². The standard InChI is InChI=1S/C13H25NO3/c1-2-17-13(16)11-12-5-8-14(9-6-12)7-3-4-10-15/h12,15H,2-11H2,1H3. The SMILES string of the molecule is CCOC(=O)CC1CCN(CCCCO)CC1. The molecule has 0 aliphatic carbocycles. The van der Waals surface area contributed by atoms with E-state index in [1.165, 1.54) is 0 Å². The van der Waals surface area contributed by atoms with Crippen molar-refractivity contribution in [2.75, 3.05) is 32.8 Å². The number of hydrogen-bond donors (Lipinski definition) is 1. The highest BCUT2D eigenvalue weighted by molar-refractivity contribution is 5.69. The van der Waals surface area contributed by atoms with Gasteiger partial charge in [-0.3, -0.25) is 4.79 Å². The average Bonchev–Trinajstić information content (AvgIpc) is 2.32. The molecule has 1 rings (SSSR count). The molecule has 0 aromatic rings. The molecule has 1 aliphatic rings. The van der Waals surface area contributed by atoms with Gasteiger partial charge < -0.3 is 14.7 Å². The van der Waals surface area contributed by atoms with Crippen molar-refractivity contribution in [3.8, 4) is 0 Å². The Balaban J connectivity index is 2.10. The van der Waals surface area contributed by atoms with Gasteiger partial charge in [-0.2, -0.15) is 0 Å². The van der Waals surface area contributed by atoms with Crippen molar-refractivity contribution in [3.05, 3.63) is 0 Å². The van der Waals surface area contributed by atoms with Gasteiger partial charge in [0.1, 0.15) is 0 Å². The van der Waals surface area contributed by atoms with E-state index in [1.54, 1.807) is 0 Å². The summed E-state index contributed by atoms with van der Waals surface area (Å²) in [6, 6.07) is 0. The molecular formula is C13H25NO3. The second kappa shape index (κ2) is 8.48. The van der Waals surface area contributed by atoms with Crippen LogP contribution in [0.1, 0.15) is 39.0 Å². The second-order valence-electron chi connectivity index (χ2n) is 4.72. The molecule has 0 bridgehead atoms. The molecule has 1 N–H and O–H groups in total. The highest BCUT2D eigenvalue weighted by Crippen LogP contribution is 2.21. The third-order valence-electron chi connectivity index (χ3n) is 3.35. The predicted molar refractivity (Wildman–Crippen MR) is 66.7 cm³/mol. The van der Waals surface area contributed by atoms with Crippen LogP contribution in [0.3, 0.4) is 0 Å². The number of aliphatic hydroxyl groups excluding tert-OH is 1. The normalized spacial score (nSPS) is 18.2. The van der Waals surface area contributed by atoms with E-state index in [1.807, 2.05) is 6.92 Å². The predicted octanol–water partition coefficient (Wildman–Crippen LogP) is 1.42. The molecule has 0 unspecified atom stereocenters. The molecule has 1 saturated heterocycles. The van der Waals surface area contributed by atoms with Crippen molar-refractivity contribution in [1.82, 2.24) is 4.90 Å². The minimum Gasteiger partial charge on any atom is -0.466 e. The Morgan fingerprint density at radius 1 is 1.35 bits per heavy atom. The fourth-order valence-corrected chi connectivity index (χ4v) is 2.32. The fourth-order valence-electron chi connectivity index (χ4n) is 2.32. The van der Waals surface area contributed by atoms with Crippen molar-refractivity contribution < 1.29 is 14.6 Å². The Labute approximate surface area is 104 Å². The molecule has 4 heteroatoms. The van der Waals surface area contributed by atoms with E-state index < -0.39 is 0 Å². The lowest BCUT2D eigenvalue weighted by Gasteiger charge is -2.31. The zero-order chi connectivity index (χ0) is 12.5. The Kier molecular flexibility index (Phi) is 7.21. The van der Waals surface area contributed by atoms with E-state index in [0.717, 1.165) is 45.3 Å². The fraction of sp³-hybridized carbons (Fsp3) is 0.923. The molecule has 1 fully saturated rings. The van der Waals surface area contributed by atoms with E-state index in [-0.39, 0.29) is 5.97 Å². The molecule has 0 spiro atoms. The monoisotopic (exact) mass is 243 g/mol. The zero-order valence-corrected chi connectivity index (χ0v) is 10.9. The summed E-state index contributed by atoms with van der Waals surface area (Å²) in [4.78, 5) is 13.8. The maximum atomic E-state index is 11.3. The van der Waals surface area contributed by atoms with Gasteiger partial charge in [-0.15, -0.1) is 0 Å². The van der Waals surface area contributed by atoms with Gasteiger partial charge in [0.05, 0.1) is 6.61 Å². The minimum absolute atomic E-state index is 0.0498. The molecule has 0 aromatic carbocycles. The molecule has 0 atom stereocenters. The smallest absolute Gasteiger partial charge is 0.306 e. The third kappa shape index (κ3) is 6.03. The van der Waals surface area contributed by atoms with Crippen LogP contribution in [-0.2, 0) is 9.53 Å². The lowest BCUT2D eigenvalue weighted by molar-refractivity contribution is -0.144. The summed E-state index contributed by atoms with van der Waals surface area (Å²) in [6.45, 7) is 5.86. The number of unbranched alkanes of at least 4 members (excludes halogenated alkanes) is 1. The Morgan fingerprint density at radius 2 is 2.06 bits per heavy atom. The lowest BCUT2D eigenvalue weighted by atomic mass is 9.93. The number of esters is 1. The van der Waals surface area contributed by atoms with Gasteiger partial charge in [0.15, 0.2) is 0 Å². The summed E-state index contributed by atoms with van der Waals surface area (Å²) in [5.74, 6) is 0.453. The maximum absolute atomic E-state index is 11.3. The summed E-state index contributed by atoms with van der Waals surface area (Å²) >= 11 is 0. The van der Waals surface area contributed by atoms with Crippen LogP contribution in [0.25, 0.3) is 0 Å². The van der Waals surface area contributed by atoms with Crippen molar-refractivity contribution in [2.45, 2.75) is 39.0 Å². The van der Waals surface area contributed by atoms with Gasteiger partial charge in [-0.25, -0.2) is 0 Å². The van der Waals surface area contributed by atoms with Crippen LogP contribution in [0, 0.1) is 5.92 Å². The molecule has 1 aliphatic heterocycles. The molecule has 1 heterocycles. The van der Waals surface area contributed by atoms with Crippen LogP contribution in [-0.4, -0.2) is 48.8 Å². The van der Waals surface area contributed by atoms with Crippen LogP contribution < -0.4 is 0 Å². The third-order valence-corrected chi connectivity index (χ3v) is 3.35. The molecule has 17 heavy (non-hydrogen) atoms. The van der Waals surface area contributed by atoms with E-state index >= 15 is 0 Å². The molecule has 0 radical (unpaired) electrons. The van der Waals surface area contributed by atoms with Crippen LogP contribution >= 0.6 is 0 Å². The topological polar surface area (TPSA) is 49.8 Å². The Morgan fingerprint density at radius 3 is 2.65 bits per heavy atom. The first kappa shape index (κ1) is 14.5. The van der Waals surface area contributed by atoms with E-state index in [0.29, 0.717) is 25.6 Å². The molecule has 0 aromatic heterocycles. The number of piperidine rings is 1. The highest BCUT2D eigenvalue weighted by Gasteiger charge is 2.21. The van der Waals surface area contributed by atoms with Gasteiger partial charge in [-0.1, -0.05) is 0 Å². The molecular weight excluding hydrogens is 218 g/mol. The first-order valence-corrected chi connectivity index (χ1v) is 6.75. The number of rotatable bonds is 7. The van der Waals surface area contributed by atoms with Gasteiger partial charge in [-0.05, 0) is 58.2 Å². The first-order valence-electron chi connectivity index (χ1n) is 6.75. The van der Waals surface area contributed by atoms with Gasteiger partial charge in [0.25, 0.3) is 0 Å². The summed E-state index contributed by atoms with van der Waals surface area (Å²) in [7, 11) is 0. The number of nitrogens with zero attached hydrogens (tertiary/aromatic N) is 1. The first-order chi connectivity index (χ1) is 8.26. The number of carbonyl (C=O) groups is 1. The summed E-state index contributed by atoms with van der Waals surface area (Å²) in [5.41, 5.74) is 0. The van der Waals surface area contributed by atoms with Crippen LogP contribution in [0.5, 0.6) is 0 Å². The van der Waals surface area contributed by atoms with Crippen molar-refractivity contribution >= 4 is 5.97 Å². The van der Waals surface area contributed by atoms with Crippen molar-refractivity contribution in [1.29, 1.82) is 0 Å². The number of hydrogen-bond acceptors (Lipinski definition) is 4. The summed E-state index contributed by atoms with van der Waals surface area (Å²) in [6.07, 6.45) is 4.73. The van der Waals surface area contributed by atoms with E-state index in [9.17, 15) is 4.79 Å². The zero-order valence-electron chi connectivity index (χ0n) is 10.9. The maximum Gasteiger partial charge on any atom is 0.306 e. The van der Waals surface area contributed by atoms with Crippen LogP contribution in [0.2, 0.25) is 0 Å². The average molecular weight is 243 g/mol. The molecule has 0 saturated carbocycles. The number of aliphatic hydroxyl groups is 1. The largest absolute Gasteiger partial charge is 0.466 e. The number of ether oxygens (including phenoxy) is 1. The minimum atomic E-state index is -0.0498. The van der Waals surface area contributed by atoms with E-state index in [2.05, 4.69) is 4.90 Å². The van der Waals surface area contributed by atoms with Crippen LogP contribution in [0.4, 0.5) is 0 Å². The number of carbonyl (C=O) groups excluding carboxylic acids is 1. The molecule has 100 valence electrons. The lowest BCUT2D eigenvalue weighted by Crippen LogP contribution is -2.35. The van der Waals surface area contributed by atoms with Crippen LogP contribution in [0.15, 0.2) is 0 Å². The van der Waals surface area contributed by atoms with Crippen molar-refractivity contribution in [2.24, 2.45) is 5.92 Å². The Hall–Kier alpha value is -0.610. The van der Waals surface area contributed by atoms with E-state index in [4.69, 9.17) is 9.84 Å². The van der Waals surface area contributed by atoms with Gasteiger partial charge in [0.2, 0.25) is 0 Å². The Bertz CT molecular complexity index is 213. The highest BCUT2D eigenvalue weighted by atomic mass is 16.5. The van der Waals surface area contributed by atoms with Gasteiger partial charge >= 0.3 is 5.97 Å². The second-order valence-corrected chi connectivity index (χ2v) is 4.72. The number of likely N-dealkylation sites (tertiary alicyclic amines) is 1. The summed E-state index contributed by atoms with van der Waals surface area (Å²) in [5, 5.41) is 8.72. The van der Waals surface area contributed by atoms with Gasteiger partial charge in [0, 0.05) is 13.0 Å². The molecule has 0 amide bonds. The quantitative estimate of drug-likeness (QED) is 0.543. The summed E-state index contributed by atoms with van der Waals surface area (Å²) < 4.78 is 4.97.